The van der Waals surface area contributed by atoms with Crippen LogP contribution in [0.5, 0.6) is 0 Å². The van der Waals surface area contributed by atoms with Crippen molar-refractivity contribution in [2.75, 3.05) is 0 Å². The van der Waals surface area contributed by atoms with Crippen LogP contribution in [0.4, 0.5) is 0 Å². The maximum atomic E-state index is 6.14. The zero-order chi connectivity index (χ0) is 13.0. The van der Waals surface area contributed by atoms with Crippen LogP contribution in [0.3, 0.4) is 0 Å². The van der Waals surface area contributed by atoms with Gasteiger partial charge in [0.2, 0.25) is 0 Å². The molecule has 0 saturated heterocycles. The Labute approximate surface area is 117 Å². The Bertz CT molecular complexity index is 562. The molecular formula is C15H13Cl2N. The van der Waals surface area contributed by atoms with Crippen molar-refractivity contribution in [3.63, 3.8) is 0 Å². The third-order valence-corrected chi connectivity index (χ3v) is 3.21. The fraction of sp³-hybridized carbons (Fsp3) is 0.133. The molecule has 0 atom stereocenters. The normalized spacial score (nSPS) is 11.6. The molecule has 0 heterocycles. The molecule has 1 nitrogen and oxygen atoms in total. The van der Waals surface area contributed by atoms with Gasteiger partial charge < -0.3 is 0 Å². The van der Waals surface area contributed by atoms with E-state index in [1.807, 2.05) is 37.3 Å². The molecule has 92 valence electrons. The number of benzene rings is 2. The second-order valence-corrected chi connectivity index (χ2v) is 4.86. The van der Waals surface area contributed by atoms with Gasteiger partial charge in [0.25, 0.3) is 0 Å². The van der Waals surface area contributed by atoms with Gasteiger partial charge in [-0.3, -0.25) is 4.99 Å². The number of hydrogen-bond donors (Lipinski definition) is 0. The molecule has 0 aromatic heterocycles. The number of halogens is 2. The summed E-state index contributed by atoms with van der Waals surface area (Å²) in [5, 5.41) is 1.27. The Balaban J connectivity index is 2.18. The van der Waals surface area contributed by atoms with Gasteiger partial charge in [-0.1, -0.05) is 59.6 Å². The molecule has 2 aromatic rings. The first-order valence-electron chi connectivity index (χ1n) is 5.67. The Morgan fingerprint density at radius 1 is 1.06 bits per heavy atom. The Morgan fingerprint density at radius 3 is 2.44 bits per heavy atom. The molecule has 0 amide bonds. The standard InChI is InChI=1S/C15H13Cl2N/c1-11(14-8-7-13(16)9-15(14)17)18-10-12-5-3-2-4-6-12/h2-9H,10H2,1H3. The zero-order valence-corrected chi connectivity index (χ0v) is 11.5. The van der Waals surface area contributed by atoms with Crippen molar-refractivity contribution in [3.8, 4) is 0 Å². The van der Waals surface area contributed by atoms with Crippen molar-refractivity contribution in [1.82, 2.24) is 0 Å². The van der Waals surface area contributed by atoms with Crippen molar-refractivity contribution in [3.05, 3.63) is 69.7 Å². The van der Waals surface area contributed by atoms with Crippen LogP contribution in [0.2, 0.25) is 10.0 Å². The summed E-state index contributed by atoms with van der Waals surface area (Å²) in [7, 11) is 0. The van der Waals surface area contributed by atoms with E-state index in [0.29, 0.717) is 16.6 Å². The average molecular weight is 278 g/mol. The number of nitrogens with zero attached hydrogens (tertiary/aromatic N) is 1. The summed E-state index contributed by atoms with van der Waals surface area (Å²) >= 11 is 12.0. The lowest BCUT2D eigenvalue weighted by Gasteiger charge is -2.04. The monoisotopic (exact) mass is 277 g/mol. The van der Waals surface area contributed by atoms with E-state index in [0.717, 1.165) is 11.3 Å². The van der Waals surface area contributed by atoms with Crippen LogP contribution in [0.25, 0.3) is 0 Å². The van der Waals surface area contributed by atoms with Gasteiger partial charge in [-0.25, -0.2) is 0 Å². The molecule has 2 rings (SSSR count). The van der Waals surface area contributed by atoms with Crippen LogP contribution in [0.15, 0.2) is 53.5 Å². The Hall–Kier alpha value is -1.31. The van der Waals surface area contributed by atoms with E-state index < -0.39 is 0 Å². The highest BCUT2D eigenvalue weighted by Gasteiger charge is 2.04. The lowest BCUT2D eigenvalue weighted by molar-refractivity contribution is 1.06. The lowest BCUT2D eigenvalue weighted by Crippen LogP contribution is -1.97. The summed E-state index contributed by atoms with van der Waals surface area (Å²) in [4.78, 5) is 4.54. The second-order valence-electron chi connectivity index (χ2n) is 4.01. The third kappa shape index (κ3) is 3.34. The molecule has 0 N–H and O–H groups in total. The minimum Gasteiger partial charge on any atom is -0.285 e. The van der Waals surface area contributed by atoms with Crippen molar-refractivity contribution < 1.29 is 0 Å². The first-order chi connectivity index (χ1) is 8.66. The predicted molar refractivity (Wildman–Crippen MR) is 78.8 cm³/mol. The van der Waals surface area contributed by atoms with Gasteiger partial charge in [0.15, 0.2) is 0 Å². The quantitative estimate of drug-likeness (QED) is 0.700. The highest BCUT2D eigenvalue weighted by molar-refractivity contribution is 6.37. The van der Waals surface area contributed by atoms with E-state index in [1.54, 1.807) is 6.07 Å². The SMILES string of the molecule is CC(=NCc1ccccc1)c1ccc(Cl)cc1Cl. The fourth-order valence-electron chi connectivity index (χ4n) is 1.66. The second kappa shape index (κ2) is 6.03. The van der Waals surface area contributed by atoms with Crippen LogP contribution < -0.4 is 0 Å². The minimum atomic E-state index is 0.636. The van der Waals surface area contributed by atoms with Gasteiger partial charge in [0, 0.05) is 16.3 Å². The van der Waals surface area contributed by atoms with Gasteiger partial charge in [-0.2, -0.15) is 0 Å². The van der Waals surface area contributed by atoms with Crippen molar-refractivity contribution in [2.24, 2.45) is 4.99 Å². The highest BCUT2D eigenvalue weighted by atomic mass is 35.5. The molecule has 0 fully saturated rings. The van der Waals surface area contributed by atoms with Gasteiger partial charge in [0.1, 0.15) is 0 Å². The number of aliphatic imine (C=N–C) groups is 1. The topological polar surface area (TPSA) is 12.4 Å². The van der Waals surface area contributed by atoms with Crippen molar-refractivity contribution in [1.29, 1.82) is 0 Å². The van der Waals surface area contributed by atoms with Crippen LogP contribution in [0, 0.1) is 0 Å². The van der Waals surface area contributed by atoms with Crippen LogP contribution in [0.1, 0.15) is 18.1 Å². The van der Waals surface area contributed by atoms with E-state index >= 15 is 0 Å². The van der Waals surface area contributed by atoms with E-state index in [4.69, 9.17) is 23.2 Å². The fourth-order valence-corrected chi connectivity index (χ4v) is 2.21. The average Bonchev–Trinajstić information content (AvgIpc) is 2.37. The Kier molecular flexibility index (Phi) is 4.40. The smallest absolute Gasteiger partial charge is 0.0643 e. The maximum Gasteiger partial charge on any atom is 0.0643 e. The number of rotatable bonds is 3. The van der Waals surface area contributed by atoms with E-state index in [2.05, 4.69) is 17.1 Å². The molecule has 2 aromatic carbocycles. The van der Waals surface area contributed by atoms with E-state index in [9.17, 15) is 0 Å². The summed E-state index contributed by atoms with van der Waals surface area (Å²) in [6.07, 6.45) is 0. The molecule has 0 unspecified atom stereocenters. The van der Waals surface area contributed by atoms with Crippen LogP contribution >= 0.6 is 23.2 Å². The molecular weight excluding hydrogens is 265 g/mol. The van der Waals surface area contributed by atoms with Gasteiger partial charge in [0.05, 0.1) is 11.6 Å². The molecule has 0 aliphatic carbocycles. The lowest BCUT2D eigenvalue weighted by atomic mass is 10.1. The van der Waals surface area contributed by atoms with Crippen molar-refractivity contribution in [2.45, 2.75) is 13.5 Å². The predicted octanol–water partition coefficient (Wildman–Crippen LogP) is 5.00. The molecule has 3 heteroatoms. The van der Waals surface area contributed by atoms with E-state index in [1.165, 1.54) is 5.56 Å². The molecule has 0 spiro atoms. The first-order valence-corrected chi connectivity index (χ1v) is 6.43. The van der Waals surface area contributed by atoms with Gasteiger partial charge in [-0.05, 0) is 24.6 Å². The summed E-state index contributed by atoms with van der Waals surface area (Å²) in [6, 6.07) is 15.6. The minimum absolute atomic E-state index is 0.636. The first kappa shape index (κ1) is 13.1. The van der Waals surface area contributed by atoms with Crippen LogP contribution in [-0.2, 0) is 6.54 Å². The highest BCUT2D eigenvalue weighted by Crippen LogP contribution is 2.21. The Morgan fingerprint density at radius 2 is 1.78 bits per heavy atom. The summed E-state index contributed by atoms with van der Waals surface area (Å²) in [6.45, 7) is 2.61. The molecule has 0 aliphatic heterocycles. The molecule has 0 saturated carbocycles. The maximum absolute atomic E-state index is 6.14. The summed E-state index contributed by atoms with van der Waals surface area (Å²) in [5.41, 5.74) is 3.03. The molecule has 0 radical (unpaired) electrons. The van der Waals surface area contributed by atoms with Gasteiger partial charge in [-0.15, -0.1) is 0 Å². The third-order valence-electron chi connectivity index (χ3n) is 2.66. The number of hydrogen-bond acceptors (Lipinski definition) is 1. The largest absolute Gasteiger partial charge is 0.285 e. The van der Waals surface area contributed by atoms with E-state index in [-0.39, 0.29) is 0 Å². The molecule has 0 bridgehead atoms. The summed E-state index contributed by atoms with van der Waals surface area (Å²) < 4.78 is 0. The zero-order valence-electron chi connectivity index (χ0n) is 10.0. The van der Waals surface area contributed by atoms with Crippen LogP contribution in [-0.4, -0.2) is 5.71 Å². The van der Waals surface area contributed by atoms with Crippen molar-refractivity contribution >= 4 is 28.9 Å². The summed E-state index contributed by atoms with van der Waals surface area (Å²) in [5.74, 6) is 0. The molecule has 0 aliphatic rings. The van der Waals surface area contributed by atoms with Gasteiger partial charge >= 0.3 is 0 Å². The molecule has 18 heavy (non-hydrogen) atoms.